The molecule has 2 nitrogen and oxygen atoms in total. The highest BCUT2D eigenvalue weighted by molar-refractivity contribution is 4.87. The van der Waals surface area contributed by atoms with Crippen LogP contribution in [-0.2, 0) is 0 Å². The van der Waals surface area contributed by atoms with Gasteiger partial charge in [-0.1, -0.05) is 0 Å². The molecule has 1 rings (SSSR count). The summed E-state index contributed by atoms with van der Waals surface area (Å²) in [6, 6.07) is 1.38. The third-order valence-corrected chi connectivity index (χ3v) is 3.29. The SMILES string of the molecule is CC(C)N1CCN(C(C)(C)C)CC1C. The molecule has 1 aliphatic heterocycles. The summed E-state index contributed by atoms with van der Waals surface area (Å²) in [5, 5.41) is 0. The Labute approximate surface area is 89.3 Å². The number of hydrogen-bond acceptors (Lipinski definition) is 2. The van der Waals surface area contributed by atoms with Crippen LogP contribution in [0.4, 0.5) is 0 Å². The highest BCUT2D eigenvalue weighted by Gasteiger charge is 2.30. The van der Waals surface area contributed by atoms with Crippen LogP contribution < -0.4 is 0 Å². The first kappa shape index (κ1) is 12.0. The Morgan fingerprint density at radius 2 is 1.71 bits per heavy atom. The minimum Gasteiger partial charge on any atom is -0.296 e. The van der Waals surface area contributed by atoms with Gasteiger partial charge in [0, 0.05) is 37.3 Å². The van der Waals surface area contributed by atoms with Crippen LogP contribution >= 0.6 is 0 Å². The van der Waals surface area contributed by atoms with Crippen molar-refractivity contribution in [2.24, 2.45) is 0 Å². The molecule has 0 spiro atoms. The van der Waals surface area contributed by atoms with Crippen LogP contribution in [0.1, 0.15) is 41.5 Å². The normalized spacial score (nSPS) is 27.2. The first-order valence-corrected chi connectivity index (χ1v) is 5.83. The van der Waals surface area contributed by atoms with Gasteiger partial charge in [0.15, 0.2) is 0 Å². The van der Waals surface area contributed by atoms with Gasteiger partial charge in [0.25, 0.3) is 0 Å². The summed E-state index contributed by atoms with van der Waals surface area (Å²) < 4.78 is 0. The Bertz CT molecular complexity index is 181. The first-order valence-electron chi connectivity index (χ1n) is 5.83. The molecule has 1 aliphatic rings. The molecule has 14 heavy (non-hydrogen) atoms. The van der Waals surface area contributed by atoms with Gasteiger partial charge in [0.05, 0.1) is 0 Å². The van der Waals surface area contributed by atoms with E-state index in [9.17, 15) is 0 Å². The van der Waals surface area contributed by atoms with Crippen molar-refractivity contribution >= 4 is 0 Å². The molecule has 1 saturated heterocycles. The summed E-state index contributed by atoms with van der Waals surface area (Å²) >= 11 is 0. The second-order valence-corrected chi connectivity index (χ2v) is 5.80. The van der Waals surface area contributed by atoms with E-state index in [1.54, 1.807) is 0 Å². The molecule has 0 N–H and O–H groups in total. The van der Waals surface area contributed by atoms with Crippen molar-refractivity contribution in [2.45, 2.75) is 59.2 Å². The number of rotatable bonds is 1. The second-order valence-electron chi connectivity index (χ2n) is 5.80. The summed E-state index contributed by atoms with van der Waals surface area (Å²) in [7, 11) is 0. The minimum atomic E-state index is 0.331. The van der Waals surface area contributed by atoms with E-state index in [0.29, 0.717) is 17.6 Å². The van der Waals surface area contributed by atoms with Crippen LogP contribution in [-0.4, -0.2) is 47.1 Å². The van der Waals surface area contributed by atoms with Gasteiger partial charge in [-0.25, -0.2) is 0 Å². The van der Waals surface area contributed by atoms with E-state index in [0.717, 1.165) is 0 Å². The predicted molar refractivity (Wildman–Crippen MR) is 62.6 cm³/mol. The van der Waals surface area contributed by atoms with E-state index in [1.165, 1.54) is 19.6 Å². The molecule has 0 radical (unpaired) electrons. The lowest BCUT2D eigenvalue weighted by molar-refractivity contribution is 0.0137. The Morgan fingerprint density at radius 3 is 2.07 bits per heavy atom. The highest BCUT2D eigenvalue weighted by Crippen LogP contribution is 2.20. The van der Waals surface area contributed by atoms with Gasteiger partial charge >= 0.3 is 0 Å². The lowest BCUT2D eigenvalue weighted by Gasteiger charge is -2.47. The molecular weight excluding hydrogens is 172 g/mol. The Hall–Kier alpha value is -0.0800. The van der Waals surface area contributed by atoms with Crippen molar-refractivity contribution < 1.29 is 0 Å². The van der Waals surface area contributed by atoms with Gasteiger partial charge in [-0.15, -0.1) is 0 Å². The van der Waals surface area contributed by atoms with Crippen LogP contribution in [0.2, 0.25) is 0 Å². The molecule has 0 aromatic rings. The first-order chi connectivity index (χ1) is 6.32. The maximum atomic E-state index is 2.60. The molecule has 1 unspecified atom stereocenters. The van der Waals surface area contributed by atoms with E-state index in [2.05, 4.69) is 51.3 Å². The summed E-state index contributed by atoms with van der Waals surface area (Å²) in [5.41, 5.74) is 0.331. The number of piperazine rings is 1. The summed E-state index contributed by atoms with van der Waals surface area (Å²) in [6.07, 6.45) is 0. The van der Waals surface area contributed by atoms with Crippen molar-refractivity contribution in [1.82, 2.24) is 9.80 Å². The van der Waals surface area contributed by atoms with E-state index < -0.39 is 0 Å². The summed E-state index contributed by atoms with van der Waals surface area (Å²) in [5.74, 6) is 0. The highest BCUT2D eigenvalue weighted by atomic mass is 15.3. The maximum Gasteiger partial charge on any atom is 0.0198 e. The molecule has 0 aromatic carbocycles. The van der Waals surface area contributed by atoms with E-state index in [4.69, 9.17) is 0 Å². The third-order valence-electron chi connectivity index (χ3n) is 3.29. The van der Waals surface area contributed by atoms with Crippen LogP contribution in [0, 0.1) is 0 Å². The fourth-order valence-electron chi connectivity index (χ4n) is 2.35. The number of hydrogen-bond donors (Lipinski definition) is 0. The summed E-state index contributed by atoms with van der Waals surface area (Å²) in [4.78, 5) is 5.19. The van der Waals surface area contributed by atoms with Crippen molar-refractivity contribution in [2.75, 3.05) is 19.6 Å². The maximum absolute atomic E-state index is 2.60. The van der Waals surface area contributed by atoms with Gasteiger partial charge in [0.1, 0.15) is 0 Å². The average Bonchev–Trinajstić information content (AvgIpc) is 2.01. The van der Waals surface area contributed by atoms with E-state index in [-0.39, 0.29) is 0 Å². The lowest BCUT2D eigenvalue weighted by Crippen LogP contribution is -2.58. The largest absolute Gasteiger partial charge is 0.296 e. The quantitative estimate of drug-likeness (QED) is 0.637. The second kappa shape index (κ2) is 4.19. The van der Waals surface area contributed by atoms with Gasteiger partial charge < -0.3 is 0 Å². The van der Waals surface area contributed by atoms with Crippen molar-refractivity contribution in [3.63, 3.8) is 0 Å². The lowest BCUT2D eigenvalue weighted by atomic mass is 10.0. The van der Waals surface area contributed by atoms with Gasteiger partial charge in [-0.05, 0) is 41.5 Å². The molecule has 0 aliphatic carbocycles. The molecule has 1 fully saturated rings. The van der Waals surface area contributed by atoms with Gasteiger partial charge in [-0.2, -0.15) is 0 Å². The zero-order chi connectivity index (χ0) is 10.9. The monoisotopic (exact) mass is 198 g/mol. The summed E-state index contributed by atoms with van der Waals surface area (Å²) in [6.45, 7) is 17.5. The molecule has 0 saturated carbocycles. The van der Waals surface area contributed by atoms with Gasteiger partial charge in [-0.3, -0.25) is 9.80 Å². The fourth-order valence-corrected chi connectivity index (χ4v) is 2.35. The third kappa shape index (κ3) is 2.71. The van der Waals surface area contributed by atoms with E-state index >= 15 is 0 Å². The Morgan fingerprint density at radius 1 is 1.14 bits per heavy atom. The molecule has 1 heterocycles. The Balaban J connectivity index is 2.55. The van der Waals surface area contributed by atoms with Gasteiger partial charge in [0.2, 0.25) is 0 Å². The van der Waals surface area contributed by atoms with Crippen LogP contribution in [0.3, 0.4) is 0 Å². The molecule has 0 amide bonds. The van der Waals surface area contributed by atoms with Crippen LogP contribution in [0.15, 0.2) is 0 Å². The zero-order valence-electron chi connectivity index (χ0n) is 10.7. The van der Waals surface area contributed by atoms with Crippen molar-refractivity contribution in [1.29, 1.82) is 0 Å². The minimum absolute atomic E-state index is 0.331. The molecular formula is C12H26N2. The molecule has 0 bridgehead atoms. The molecule has 84 valence electrons. The fraction of sp³-hybridized carbons (Fsp3) is 1.00. The standard InChI is InChI=1S/C12H26N2/c1-10(2)14-8-7-13(9-11(14)3)12(4,5)6/h10-11H,7-9H2,1-6H3. The smallest absolute Gasteiger partial charge is 0.0198 e. The zero-order valence-corrected chi connectivity index (χ0v) is 10.7. The topological polar surface area (TPSA) is 6.48 Å². The van der Waals surface area contributed by atoms with E-state index in [1.807, 2.05) is 0 Å². The average molecular weight is 198 g/mol. The van der Waals surface area contributed by atoms with Crippen molar-refractivity contribution in [3.05, 3.63) is 0 Å². The van der Waals surface area contributed by atoms with Crippen molar-refractivity contribution in [3.8, 4) is 0 Å². The Kier molecular flexibility index (Phi) is 3.59. The molecule has 2 heteroatoms. The number of nitrogens with zero attached hydrogens (tertiary/aromatic N) is 2. The molecule has 1 atom stereocenters. The van der Waals surface area contributed by atoms with Crippen LogP contribution in [0.5, 0.6) is 0 Å². The predicted octanol–water partition coefficient (Wildman–Crippen LogP) is 2.20. The molecule has 0 aromatic heterocycles. The van der Waals surface area contributed by atoms with Crippen LogP contribution in [0.25, 0.3) is 0 Å².